The van der Waals surface area contributed by atoms with Crippen LogP contribution in [0.25, 0.3) is 0 Å². The molecule has 0 spiro atoms. The molecule has 176 valence electrons. The van der Waals surface area contributed by atoms with Crippen molar-refractivity contribution in [2.24, 2.45) is 0 Å². The van der Waals surface area contributed by atoms with E-state index in [0.29, 0.717) is 13.0 Å². The maximum atomic E-state index is 12.1. The van der Waals surface area contributed by atoms with Crippen LogP contribution in [-0.2, 0) is 9.59 Å². The second-order valence-electron chi connectivity index (χ2n) is 7.65. The van der Waals surface area contributed by atoms with Crippen LogP contribution in [0.3, 0.4) is 0 Å². The van der Waals surface area contributed by atoms with Crippen molar-refractivity contribution >= 4 is 11.8 Å². The highest BCUT2D eigenvalue weighted by Gasteiger charge is 2.31. The molecule has 0 heterocycles. The van der Waals surface area contributed by atoms with Crippen LogP contribution in [0.4, 0.5) is 0 Å². The third kappa shape index (κ3) is 12.9. The molecule has 4 atom stereocenters. The van der Waals surface area contributed by atoms with Gasteiger partial charge in [-0.05, 0) is 18.9 Å². The fourth-order valence-corrected chi connectivity index (χ4v) is 2.99. The minimum Gasteiger partial charge on any atom is -0.394 e. The van der Waals surface area contributed by atoms with Gasteiger partial charge in [-0.1, -0.05) is 45.1 Å². The van der Waals surface area contributed by atoms with Gasteiger partial charge in [-0.25, -0.2) is 0 Å². The highest BCUT2D eigenvalue weighted by Crippen LogP contribution is 2.11. The average Bonchev–Trinajstić information content (AvgIpc) is 2.74. The van der Waals surface area contributed by atoms with Crippen molar-refractivity contribution in [3.63, 3.8) is 0 Å². The van der Waals surface area contributed by atoms with Crippen LogP contribution < -0.4 is 5.32 Å². The smallest absolute Gasteiger partial charge is 0.243 e. The van der Waals surface area contributed by atoms with Crippen molar-refractivity contribution in [2.45, 2.75) is 82.2 Å². The van der Waals surface area contributed by atoms with Crippen molar-refractivity contribution < 1.29 is 35.1 Å². The van der Waals surface area contributed by atoms with E-state index in [9.17, 15) is 30.0 Å². The molecular weight excluding hydrogens is 392 g/mol. The minimum atomic E-state index is -1.69. The Morgan fingerprint density at radius 2 is 1.40 bits per heavy atom. The molecule has 6 N–H and O–H groups in total. The first kappa shape index (κ1) is 28.5. The van der Waals surface area contributed by atoms with E-state index in [1.165, 1.54) is 18.0 Å². The SMILES string of the molecule is C=CC(=O)NCCCCCCCCCCC(=O)N(C)C[C@H](O)[C@@H](O)[C@H](O)[C@H](O)CO. The first-order chi connectivity index (χ1) is 14.2. The number of likely N-dealkylation sites (N-methyl/N-ethyl adjacent to an activating group) is 1. The Balaban J connectivity index is 3.76. The molecule has 0 aromatic rings. The molecule has 0 aliphatic carbocycles. The number of hydrogen-bond donors (Lipinski definition) is 6. The number of nitrogens with zero attached hydrogens (tertiary/aromatic N) is 1. The molecule has 9 nitrogen and oxygen atoms in total. The Labute approximate surface area is 179 Å². The predicted molar refractivity (Wildman–Crippen MR) is 114 cm³/mol. The zero-order valence-corrected chi connectivity index (χ0v) is 18.1. The fraction of sp³-hybridized carbons (Fsp3) is 0.810. The molecule has 0 aromatic carbocycles. The number of carbonyl (C=O) groups excluding carboxylic acids is 2. The van der Waals surface area contributed by atoms with Crippen LogP contribution in [0.1, 0.15) is 57.8 Å². The van der Waals surface area contributed by atoms with E-state index in [1.807, 2.05) is 0 Å². The van der Waals surface area contributed by atoms with Crippen molar-refractivity contribution in [2.75, 3.05) is 26.7 Å². The van der Waals surface area contributed by atoms with Crippen LogP contribution in [-0.4, -0.2) is 93.4 Å². The summed E-state index contributed by atoms with van der Waals surface area (Å²) < 4.78 is 0. The summed E-state index contributed by atoms with van der Waals surface area (Å²) in [5, 5.41) is 50.1. The molecule has 0 aliphatic rings. The highest BCUT2D eigenvalue weighted by molar-refractivity contribution is 5.86. The number of unbranched alkanes of at least 4 members (excludes halogenated alkanes) is 7. The topological polar surface area (TPSA) is 151 Å². The third-order valence-corrected chi connectivity index (χ3v) is 5.01. The van der Waals surface area contributed by atoms with E-state index >= 15 is 0 Å². The first-order valence-corrected chi connectivity index (χ1v) is 10.7. The second-order valence-corrected chi connectivity index (χ2v) is 7.65. The fourth-order valence-electron chi connectivity index (χ4n) is 2.99. The van der Waals surface area contributed by atoms with Crippen LogP contribution in [0.5, 0.6) is 0 Å². The van der Waals surface area contributed by atoms with Gasteiger partial charge in [-0.3, -0.25) is 9.59 Å². The lowest BCUT2D eigenvalue weighted by Gasteiger charge is -2.28. The van der Waals surface area contributed by atoms with E-state index in [4.69, 9.17) is 5.11 Å². The van der Waals surface area contributed by atoms with Crippen molar-refractivity contribution in [1.29, 1.82) is 0 Å². The summed E-state index contributed by atoms with van der Waals surface area (Å²) in [6, 6.07) is 0. The summed E-state index contributed by atoms with van der Waals surface area (Å²) in [5.41, 5.74) is 0. The van der Waals surface area contributed by atoms with Crippen molar-refractivity contribution in [3.8, 4) is 0 Å². The maximum absolute atomic E-state index is 12.1. The van der Waals surface area contributed by atoms with E-state index in [-0.39, 0.29) is 18.4 Å². The predicted octanol–water partition coefficient (Wildman–Crippen LogP) is -0.306. The van der Waals surface area contributed by atoms with Gasteiger partial charge in [0.25, 0.3) is 0 Å². The van der Waals surface area contributed by atoms with E-state index in [1.54, 1.807) is 0 Å². The van der Waals surface area contributed by atoms with Gasteiger partial charge in [-0.2, -0.15) is 0 Å². The number of aliphatic hydroxyl groups excluding tert-OH is 5. The van der Waals surface area contributed by atoms with Crippen LogP contribution in [0, 0.1) is 0 Å². The molecule has 30 heavy (non-hydrogen) atoms. The van der Waals surface area contributed by atoms with Gasteiger partial charge in [0.15, 0.2) is 0 Å². The Bertz CT molecular complexity index is 490. The molecule has 0 unspecified atom stereocenters. The van der Waals surface area contributed by atoms with Gasteiger partial charge >= 0.3 is 0 Å². The Morgan fingerprint density at radius 1 is 0.900 bits per heavy atom. The molecule has 0 saturated heterocycles. The molecule has 0 fully saturated rings. The van der Waals surface area contributed by atoms with Gasteiger partial charge in [0.05, 0.1) is 6.61 Å². The molecule has 0 radical (unpaired) electrons. The van der Waals surface area contributed by atoms with Gasteiger partial charge in [0, 0.05) is 26.6 Å². The van der Waals surface area contributed by atoms with Gasteiger partial charge in [0.2, 0.25) is 11.8 Å². The molecular formula is C21H40N2O7. The van der Waals surface area contributed by atoms with E-state index in [2.05, 4.69) is 11.9 Å². The summed E-state index contributed by atoms with van der Waals surface area (Å²) >= 11 is 0. The summed E-state index contributed by atoms with van der Waals surface area (Å²) in [5.74, 6) is -0.306. The van der Waals surface area contributed by atoms with Gasteiger partial charge in [0.1, 0.15) is 24.4 Å². The largest absolute Gasteiger partial charge is 0.394 e. The normalized spacial score (nSPS) is 15.1. The summed E-state index contributed by atoms with van der Waals surface area (Å²) in [6.07, 6.45) is 3.31. The average molecular weight is 433 g/mol. The Kier molecular flexibility index (Phi) is 16.3. The summed E-state index contributed by atoms with van der Waals surface area (Å²) in [6.45, 7) is 3.15. The van der Waals surface area contributed by atoms with Crippen LogP contribution >= 0.6 is 0 Å². The number of aliphatic hydroxyl groups is 5. The van der Waals surface area contributed by atoms with E-state index in [0.717, 1.165) is 51.4 Å². The number of nitrogens with one attached hydrogen (secondary N) is 1. The number of carbonyl (C=O) groups is 2. The Morgan fingerprint density at radius 3 is 1.93 bits per heavy atom. The zero-order chi connectivity index (χ0) is 22.9. The third-order valence-electron chi connectivity index (χ3n) is 5.01. The molecule has 9 heteroatoms. The summed E-state index contributed by atoms with van der Waals surface area (Å²) in [7, 11) is 1.50. The highest BCUT2D eigenvalue weighted by atomic mass is 16.4. The minimum absolute atomic E-state index is 0.140. The zero-order valence-electron chi connectivity index (χ0n) is 18.1. The monoisotopic (exact) mass is 432 g/mol. The van der Waals surface area contributed by atoms with Crippen molar-refractivity contribution in [3.05, 3.63) is 12.7 Å². The lowest BCUT2D eigenvalue weighted by atomic mass is 10.0. The van der Waals surface area contributed by atoms with Crippen LogP contribution in [0.15, 0.2) is 12.7 Å². The standard InChI is InChI=1S/C21H40N2O7/c1-3-18(27)22-13-11-9-7-5-4-6-8-10-12-19(28)23(2)14-16(25)20(29)21(30)17(26)15-24/h3,16-17,20-21,24-26,29-30H,1,4-15H2,2H3,(H,22,27)/t16-,17+,20+,21+/m0/s1. The lowest BCUT2D eigenvalue weighted by molar-refractivity contribution is -0.138. The second kappa shape index (κ2) is 17.2. The molecule has 0 aromatic heterocycles. The molecule has 0 saturated carbocycles. The number of amides is 2. The molecule has 0 rings (SSSR count). The molecule has 2 amide bonds. The van der Waals surface area contributed by atoms with Gasteiger partial charge < -0.3 is 35.7 Å². The summed E-state index contributed by atoms with van der Waals surface area (Å²) in [4.78, 5) is 24.4. The number of rotatable bonds is 18. The lowest BCUT2D eigenvalue weighted by Crippen LogP contribution is -2.49. The molecule has 0 bridgehead atoms. The van der Waals surface area contributed by atoms with E-state index < -0.39 is 31.0 Å². The Hall–Kier alpha value is -1.52. The molecule has 0 aliphatic heterocycles. The van der Waals surface area contributed by atoms with Crippen molar-refractivity contribution in [1.82, 2.24) is 10.2 Å². The van der Waals surface area contributed by atoms with Gasteiger partial charge in [-0.15, -0.1) is 0 Å². The quantitative estimate of drug-likeness (QED) is 0.128. The number of hydrogen-bond acceptors (Lipinski definition) is 7. The van der Waals surface area contributed by atoms with Crippen LogP contribution in [0.2, 0.25) is 0 Å². The first-order valence-electron chi connectivity index (χ1n) is 10.7. The maximum Gasteiger partial charge on any atom is 0.243 e.